The number of nitrogens with zero attached hydrogens (tertiary/aromatic N) is 1. The van der Waals surface area contributed by atoms with Crippen molar-refractivity contribution in [3.05, 3.63) is 35.4 Å². The zero-order valence-electron chi connectivity index (χ0n) is 13.9. The van der Waals surface area contributed by atoms with E-state index in [2.05, 4.69) is 63.8 Å². The van der Waals surface area contributed by atoms with Gasteiger partial charge in [0, 0.05) is 11.6 Å². The maximum absolute atomic E-state index is 6.67. The second-order valence-corrected chi connectivity index (χ2v) is 5.78. The molecule has 1 atom stereocenters. The maximum Gasteiger partial charge on any atom is 0.0358 e. The molecular formula is C18H32N2. The lowest BCUT2D eigenvalue weighted by Crippen LogP contribution is -2.60. The standard InChI is InChI=1S/C18H32N2/c1-6-18(7-2,20(8-3)9-4)17(19)14-16-12-10-11-15(5)13-16/h10-13,17H,6-9,14,19H2,1-5H3. The van der Waals surface area contributed by atoms with Gasteiger partial charge in [0.15, 0.2) is 0 Å². The second-order valence-electron chi connectivity index (χ2n) is 5.78. The molecule has 0 heterocycles. The summed E-state index contributed by atoms with van der Waals surface area (Å²) in [6.45, 7) is 13.3. The fourth-order valence-electron chi connectivity index (χ4n) is 3.59. The van der Waals surface area contributed by atoms with Crippen LogP contribution in [0.25, 0.3) is 0 Å². The lowest BCUT2D eigenvalue weighted by molar-refractivity contribution is 0.0628. The fraction of sp³-hybridized carbons (Fsp3) is 0.667. The van der Waals surface area contributed by atoms with Crippen LogP contribution < -0.4 is 5.73 Å². The van der Waals surface area contributed by atoms with Crippen LogP contribution in [-0.4, -0.2) is 29.6 Å². The van der Waals surface area contributed by atoms with Crippen molar-refractivity contribution in [3.63, 3.8) is 0 Å². The minimum absolute atomic E-state index is 0.118. The summed E-state index contributed by atoms with van der Waals surface area (Å²) in [6, 6.07) is 8.92. The first-order chi connectivity index (χ1) is 9.53. The van der Waals surface area contributed by atoms with Gasteiger partial charge in [0.1, 0.15) is 0 Å². The second kappa shape index (κ2) is 7.80. The van der Waals surface area contributed by atoms with Crippen LogP contribution in [0.4, 0.5) is 0 Å². The van der Waals surface area contributed by atoms with E-state index in [1.165, 1.54) is 11.1 Å². The molecule has 0 amide bonds. The Labute approximate surface area is 125 Å². The fourth-order valence-corrected chi connectivity index (χ4v) is 3.59. The van der Waals surface area contributed by atoms with Gasteiger partial charge < -0.3 is 5.73 Å². The first kappa shape index (κ1) is 17.2. The molecule has 0 saturated heterocycles. The van der Waals surface area contributed by atoms with Crippen molar-refractivity contribution in [2.75, 3.05) is 13.1 Å². The third-order valence-corrected chi connectivity index (χ3v) is 4.85. The minimum Gasteiger partial charge on any atom is -0.326 e. The van der Waals surface area contributed by atoms with Gasteiger partial charge in [-0.15, -0.1) is 0 Å². The molecule has 0 bridgehead atoms. The molecule has 0 aromatic heterocycles. The van der Waals surface area contributed by atoms with E-state index in [1.54, 1.807) is 0 Å². The van der Waals surface area contributed by atoms with E-state index >= 15 is 0 Å². The van der Waals surface area contributed by atoms with Gasteiger partial charge in [0.05, 0.1) is 0 Å². The molecule has 0 aliphatic rings. The Hall–Kier alpha value is -0.860. The Bertz CT molecular complexity index is 392. The summed E-state index contributed by atoms with van der Waals surface area (Å²) in [5, 5.41) is 0. The van der Waals surface area contributed by atoms with Crippen molar-refractivity contribution in [1.82, 2.24) is 4.90 Å². The molecule has 2 N–H and O–H groups in total. The quantitative estimate of drug-likeness (QED) is 0.783. The molecule has 1 aromatic carbocycles. The van der Waals surface area contributed by atoms with Gasteiger partial charge in [-0.05, 0) is 44.8 Å². The molecule has 0 fully saturated rings. The van der Waals surface area contributed by atoms with Crippen LogP contribution in [-0.2, 0) is 6.42 Å². The third kappa shape index (κ3) is 3.62. The van der Waals surface area contributed by atoms with E-state index in [9.17, 15) is 0 Å². The van der Waals surface area contributed by atoms with Gasteiger partial charge in [-0.2, -0.15) is 0 Å². The van der Waals surface area contributed by atoms with Crippen LogP contribution in [0.3, 0.4) is 0 Å². The van der Waals surface area contributed by atoms with Crippen molar-refractivity contribution in [2.24, 2.45) is 5.73 Å². The lowest BCUT2D eigenvalue weighted by atomic mass is 9.80. The molecule has 0 aliphatic carbocycles. The molecule has 1 aromatic rings. The zero-order chi connectivity index (χ0) is 15.2. The highest BCUT2D eigenvalue weighted by molar-refractivity contribution is 5.23. The molecular weight excluding hydrogens is 244 g/mol. The average molecular weight is 276 g/mol. The predicted octanol–water partition coefficient (Wildman–Crippen LogP) is 3.77. The van der Waals surface area contributed by atoms with Gasteiger partial charge in [-0.25, -0.2) is 0 Å². The number of hydrogen-bond acceptors (Lipinski definition) is 2. The van der Waals surface area contributed by atoms with Gasteiger partial charge >= 0.3 is 0 Å². The molecule has 0 aliphatic heterocycles. The van der Waals surface area contributed by atoms with Crippen LogP contribution in [0.2, 0.25) is 0 Å². The molecule has 1 unspecified atom stereocenters. The average Bonchev–Trinajstić information content (AvgIpc) is 2.44. The number of rotatable bonds is 8. The van der Waals surface area contributed by atoms with Crippen LogP contribution in [0.5, 0.6) is 0 Å². The Morgan fingerprint density at radius 2 is 1.70 bits per heavy atom. The van der Waals surface area contributed by atoms with E-state index < -0.39 is 0 Å². The minimum atomic E-state index is 0.118. The highest BCUT2D eigenvalue weighted by Crippen LogP contribution is 2.29. The number of likely N-dealkylation sites (N-methyl/N-ethyl adjacent to an activating group) is 1. The largest absolute Gasteiger partial charge is 0.326 e. The van der Waals surface area contributed by atoms with E-state index in [4.69, 9.17) is 5.73 Å². The van der Waals surface area contributed by atoms with Gasteiger partial charge in [0.25, 0.3) is 0 Å². The SMILES string of the molecule is CCN(CC)C(CC)(CC)C(N)Cc1cccc(C)c1. The summed E-state index contributed by atoms with van der Waals surface area (Å²) in [5.74, 6) is 0. The molecule has 2 heteroatoms. The number of nitrogens with two attached hydrogens (primary N) is 1. The van der Waals surface area contributed by atoms with E-state index in [0.717, 1.165) is 32.4 Å². The lowest BCUT2D eigenvalue weighted by Gasteiger charge is -2.46. The van der Waals surface area contributed by atoms with Gasteiger partial charge in [-0.3, -0.25) is 4.90 Å². The summed E-state index contributed by atoms with van der Waals surface area (Å²) in [5.41, 5.74) is 9.46. The monoisotopic (exact) mass is 276 g/mol. The summed E-state index contributed by atoms with van der Waals surface area (Å²) < 4.78 is 0. The summed E-state index contributed by atoms with van der Waals surface area (Å²) in [7, 11) is 0. The van der Waals surface area contributed by atoms with Crippen LogP contribution >= 0.6 is 0 Å². The Kier molecular flexibility index (Phi) is 6.70. The molecule has 114 valence electrons. The molecule has 2 nitrogen and oxygen atoms in total. The first-order valence-electron chi connectivity index (χ1n) is 8.10. The Morgan fingerprint density at radius 3 is 2.15 bits per heavy atom. The maximum atomic E-state index is 6.67. The smallest absolute Gasteiger partial charge is 0.0358 e. The molecule has 0 spiro atoms. The third-order valence-electron chi connectivity index (χ3n) is 4.85. The van der Waals surface area contributed by atoms with E-state index in [0.29, 0.717) is 0 Å². The van der Waals surface area contributed by atoms with Gasteiger partial charge in [-0.1, -0.05) is 57.5 Å². The molecule has 20 heavy (non-hydrogen) atoms. The Morgan fingerprint density at radius 1 is 1.10 bits per heavy atom. The summed E-state index contributed by atoms with van der Waals surface area (Å²) >= 11 is 0. The highest BCUT2D eigenvalue weighted by Gasteiger charge is 2.37. The van der Waals surface area contributed by atoms with Crippen LogP contribution in [0.1, 0.15) is 51.7 Å². The van der Waals surface area contributed by atoms with Crippen molar-refractivity contribution in [2.45, 2.75) is 65.5 Å². The summed E-state index contributed by atoms with van der Waals surface area (Å²) in [4.78, 5) is 2.55. The van der Waals surface area contributed by atoms with Crippen LogP contribution in [0, 0.1) is 6.92 Å². The number of benzene rings is 1. The topological polar surface area (TPSA) is 29.3 Å². The summed E-state index contributed by atoms with van der Waals surface area (Å²) in [6.07, 6.45) is 3.18. The molecule has 0 radical (unpaired) electrons. The van der Waals surface area contributed by atoms with Crippen molar-refractivity contribution in [3.8, 4) is 0 Å². The molecule has 0 saturated carbocycles. The van der Waals surface area contributed by atoms with Gasteiger partial charge in [0.2, 0.25) is 0 Å². The Balaban J connectivity index is 2.96. The normalized spacial score (nSPS) is 13.8. The van der Waals surface area contributed by atoms with Crippen LogP contribution in [0.15, 0.2) is 24.3 Å². The molecule has 1 rings (SSSR count). The number of aryl methyl sites for hydroxylation is 1. The highest BCUT2D eigenvalue weighted by atomic mass is 15.2. The van der Waals surface area contributed by atoms with Crippen molar-refractivity contribution < 1.29 is 0 Å². The van der Waals surface area contributed by atoms with E-state index in [1.807, 2.05) is 0 Å². The van der Waals surface area contributed by atoms with Crippen molar-refractivity contribution in [1.29, 1.82) is 0 Å². The van der Waals surface area contributed by atoms with Crippen molar-refractivity contribution >= 4 is 0 Å². The number of hydrogen-bond donors (Lipinski definition) is 1. The zero-order valence-corrected chi connectivity index (χ0v) is 13.9. The predicted molar refractivity (Wildman–Crippen MR) is 89.1 cm³/mol. The van der Waals surface area contributed by atoms with E-state index in [-0.39, 0.29) is 11.6 Å². The first-order valence-corrected chi connectivity index (χ1v) is 8.10.